The average molecular weight is 376 g/mol. The van der Waals surface area contributed by atoms with E-state index in [2.05, 4.69) is 15.1 Å². The number of aryl methyl sites for hydroxylation is 1. The molecule has 0 radical (unpaired) electrons. The second-order valence-corrected chi connectivity index (χ2v) is 6.18. The molecule has 3 aromatic rings. The van der Waals surface area contributed by atoms with E-state index in [0.717, 1.165) is 32.8 Å². The molecule has 1 amide bonds. The van der Waals surface area contributed by atoms with Crippen molar-refractivity contribution >= 4 is 23.1 Å². The van der Waals surface area contributed by atoms with Crippen LogP contribution in [0.4, 0.5) is 15.1 Å². The van der Waals surface area contributed by atoms with E-state index >= 15 is 0 Å². The number of aromatic nitrogens is 4. The number of alkyl halides is 1. The van der Waals surface area contributed by atoms with Crippen molar-refractivity contribution in [1.29, 1.82) is 0 Å². The summed E-state index contributed by atoms with van der Waals surface area (Å²) in [7, 11) is 3.50. The van der Waals surface area contributed by atoms with Gasteiger partial charge < -0.3 is 25.5 Å². The van der Waals surface area contributed by atoms with Crippen LogP contribution in [0.5, 0.6) is 5.75 Å². The maximum absolute atomic E-state index is 12.2. The van der Waals surface area contributed by atoms with Gasteiger partial charge in [0.05, 0.1) is 19.9 Å². The van der Waals surface area contributed by atoms with Crippen molar-refractivity contribution in [2.45, 2.75) is 12.6 Å². The highest BCUT2D eigenvalue weighted by molar-refractivity contribution is 5.96. The minimum Gasteiger partial charge on any atom is -0.494 e. The van der Waals surface area contributed by atoms with Gasteiger partial charge in [-0.2, -0.15) is 5.10 Å². The first kappa shape index (κ1) is 18.5. The monoisotopic (exact) mass is 376 g/mol. The summed E-state index contributed by atoms with van der Waals surface area (Å²) in [6.07, 6.45) is 2.13. The maximum atomic E-state index is 12.2. The van der Waals surface area contributed by atoms with Gasteiger partial charge in [0.25, 0.3) is 0 Å². The molecule has 0 unspecified atom stereocenters. The molecule has 2 aromatic heterocycles. The molecule has 4 N–H and O–H groups in total. The Labute approximate surface area is 154 Å². The van der Waals surface area contributed by atoms with E-state index in [-0.39, 0.29) is 6.54 Å². The minimum absolute atomic E-state index is 0.0509. The van der Waals surface area contributed by atoms with Gasteiger partial charge in [-0.05, 0) is 18.6 Å². The average Bonchev–Trinajstić information content (AvgIpc) is 3.34. The first-order valence-corrected chi connectivity index (χ1v) is 8.32. The van der Waals surface area contributed by atoms with Gasteiger partial charge in [-0.3, -0.25) is 4.68 Å². The number of H-pyrrole nitrogens is 1. The van der Waals surface area contributed by atoms with E-state index in [1.165, 1.54) is 0 Å². The highest BCUT2D eigenvalue weighted by Crippen LogP contribution is 2.33. The van der Waals surface area contributed by atoms with Gasteiger partial charge >= 0.3 is 6.09 Å². The van der Waals surface area contributed by atoms with Crippen LogP contribution in [0.3, 0.4) is 0 Å². The molecule has 0 bridgehead atoms. The number of imidazole rings is 1. The second-order valence-electron chi connectivity index (χ2n) is 6.18. The zero-order valence-corrected chi connectivity index (χ0v) is 15.0. The lowest BCUT2D eigenvalue weighted by Gasteiger charge is -2.07. The number of benzene rings is 1. The summed E-state index contributed by atoms with van der Waals surface area (Å²) in [4.78, 5) is 18.5. The van der Waals surface area contributed by atoms with Crippen molar-refractivity contribution in [2.75, 3.05) is 25.9 Å². The van der Waals surface area contributed by atoms with Gasteiger partial charge in [-0.1, -0.05) is 0 Å². The number of hydrogen-bond acceptors (Lipinski definition) is 5. The van der Waals surface area contributed by atoms with Crippen molar-refractivity contribution in [3.63, 3.8) is 0 Å². The summed E-state index contributed by atoms with van der Waals surface area (Å²) in [5.74, 6) is 1.10. The van der Waals surface area contributed by atoms with E-state index in [9.17, 15) is 9.18 Å². The lowest BCUT2D eigenvalue weighted by molar-refractivity contribution is 0.152. The number of halogens is 1. The highest BCUT2D eigenvalue weighted by atomic mass is 19.1. The fraction of sp³-hybridized carbons (Fsp3) is 0.353. The van der Waals surface area contributed by atoms with Crippen LogP contribution in [-0.4, -0.2) is 62.2 Å². The predicted molar refractivity (Wildman–Crippen MR) is 98.4 cm³/mol. The fourth-order valence-corrected chi connectivity index (χ4v) is 2.94. The summed E-state index contributed by atoms with van der Waals surface area (Å²) >= 11 is 0. The summed E-state index contributed by atoms with van der Waals surface area (Å²) < 4.78 is 19.3. The molecule has 4 rings (SSSR count). The third-order valence-corrected chi connectivity index (χ3v) is 4.26. The molecule has 1 fully saturated rings. The van der Waals surface area contributed by atoms with Crippen LogP contribution < -0.4 is 10.5 Å². The molecular formula is C17H21FN6O3. The lowest BCUT2D eigenvalue weighted by atomic mass is 10.1. The Morgan fingerprint density at radius 2 is 2.26 bits per heavy atom. The predicted octanol–water partition coefficient (Wildman–Crippen LogP) is 2.26. The third-order valence-electron chi connectivity index (χ3n) is 4.26. The number of nitrogens with zero attached hydrogens (tertiary/aromatic N) is 4. The third kappa shape index (κ3) is 3.94. The zero-order valence-electron chi connectivity index (χ0n) is 15.0. The molecule has 0 saturated carbocycles. The Morgan fingerprint density at radius 1 is 1.48 bits per heavy atom. The van der Waals surface area contributed by atoms with Crippen LogP contribution in [0.25, 0.3) is 22.2 Å². The number of anilines is 1. The molecule has 0 spiro atoms. The number of carboxylic acid groups (broad SMARTS) is 1. The van der Waals surface area contributed by atoms with Gasteiger partial charge in [0.1, 0.15) is 23.0 Å². The lowest BCUT2D eigenvalue weighted by Crippen LogP contribution is -2.26. The van der Waals surface area contributed by atoms with Crippen LogP contribution in [0.2, 0.25) is 0 Å². The van der Waals surface area contributed by atoms with Crippen LogP contribution >= 0.6 is 0 Å². The first-order chi connectivity index (χ1) is 12.9. The number of nitrogens with two attached hydrogens (primary N) is 1. The quantitative estimate of drug-likeness (QED) is 0.631. The Bertz CT molecular complexity index is 953. The van der Waals surface area contributed by atoms with Gasteiger partial charge in [-0.25, -0.2) is 14.2 Å². The highest BCUT2D eigenvalue weighted by Gasteiger charge is 2.24. The molecule has 3 heterocycles. The molecule has 1 aliphatic heterocycles. The van der Waals surface area contributed by atoms with Crippen LogP contribution in [0, 0.1) is 0 Å². The number of nitrogens with one attached hydrogen (secondary N) is 1. The SMILES string of the molecule is COc1ccc(-c2cnn(C)c2)c2nc(N)[nH]c12.O=C(O)N1CC[C@H](F)C1. The smallest absolute Gasteiger partial charge is 0.407 e. The van der Waals surface area contributed by atoms with E-state index in [1.54, 1.807) is 18.0 Å². The standard InChI is InChI=1S/C12H13N5O.C5H8FNO2/c1-17-6-7(5-14-17)8-3-4-9(18-2)11-10(8)15-12(13)16-11;6-4-1-2-7(3-4)5(8)9/h3-6H,1-2H3,(H3,13,15,16);4H,1-3H2,(H,8,9)/t;4-/m.0/s1. The number of fused-ring (bicyclic) bond motifs is 1. The molecule has 1 atom stereocenters. The molecular weight excluding hydrogens is 355 g/mol. The summed E-state index contributed by atoms with van der Waals surface area (Å²) in [6, 6.07) is 3.85. The number of hydrogen-bond donors (Lipinski definition) is 3. The number of methoxy groups -OCH3 is 1. The van der Waals surface area contributed by atoms with Crippen LogP contribution in [0.1, 0.15) is 6.42 Å². The molecule has 144 valence electrons. The van der Waals surface area contributed by atoms with Gasteiger partial charge in [0.2, 0.25) is 0 Å². The number of rotatable bonds is 2. The Kier molecular flexibility index (Phi) is 5.15. The van der Waals surface area contributed by atoms with E-state index in [1.807, 2.05) is 25.4 Å². The van der Waals surface area contributed by atoms with Crippen LogP contribution in [0.15, 0.2) is 24.5 Å². The summed E-state index contributed by atoms with van der Waals surface area (Å²) in [5, 5.41) is 12.5. The Hall–Kier alpha value is -3.30. The normalized spacial score (nSPS) is 16.3. The number of ether oxygens (including phenoxy) is 1. The first-order valence-electron chi connectivity index (χ1n) is 8.32. The molecule has 0 aliphatic carbocycles. The van der Waals surface area contributed by atoms with E-state index in [4.69, 9.17) is 15.6 Å². The molecule has 1 saturated heterocycles. The van der Waals surface area contributed by atoms with Gasteiger partial charge in [0.15, 0.2) is 5.95 Å². The number of carbonyl (C=O) groups is 1. The van der Waals surface area contributed by atoms with E-state index < -0.39 is 12.3 Å². The fourth-order valence-electron chi connectivity index (χ4n) is 2.94. The number of likely N-dealkylation sites (tertiary alicyclic amines) is 1. The number of nitrogen functional groups attached to an aromatic ring is 1. The maximum Gasteiger partial charge on any atom is 0.407 e. The van der Waals surface area contributed by atoms with Crippen molar-refractivity contribution in [2.24, 2.45) is 7.05 Å². The topological polar surface area (TPSA) is 122 Å². The van der Waals surface area contributed by atoms with Crippen molar-refractivity contribution < 1.29 is 19.0 Å². The number of amides is 1. The minimum atomic E-state index is -1.02. The Morgan fingerprint density at radius 3 is 2.78 bits per heavy atom. The van der Waals surface area contributed by atoms with Crippen molar-refractivity contribution in [1.82, 2.24) is 24.6 Å². The molecule has 10 heteroatoms. The second kappa shape index (κ2) is 7.52. The molecule has 1 aromatic carbocycles. The van der Waals surface area contributed by atoms with Crippen molar-refractivity contribution in [3.8, 4) is 16.9 Å². The summed E-state index contributed by atoms with van der Waals surface area (Å²) in [6.45, 7) is 0.395. The zero-order chi connectivity index (χ0) is 19.6. The van der Waals surface area contributed by atoms with Gasteiger partial charge in [0, 0.05) is 30.9 Å². The van der Waals surface area contributed by atoms with Crippen molar-refractivity contribution in [3.05, 3.63) is 24.5 Å². The van der Waals surface area contributed by atoms with E-state index in [0.29, 0.717) is 18.9 Å². The largest absolute Gasteiger partial charge is 0.494 e. The molecule has 27 heavy (non-hydrogen) atoms. The molecule has 9 nitrogen and oxygen atoms in total. The van der Waals surface area contributed by atoms with Crippen LogP contribution in [-0.2, 0) is 7.05 Å². The Balaban J connectivity index is 0.000000197. The summed E-state index contributed by atoms with van der Waals surface area (Å²) in [5.41, 5.74) is 9.29. The van der Waals surface area contributed by atoms with Gasteiger partial charge in [-0.15, -0.1) is 0 Å². The number of aromatic amines is 1. The molecule has 1 aliphatic rings.